The second-order valence-electron chi connectivity index (χ2n) is 18.9. The SMILES string of the molecule is CC/C=C\C/C=C\C/C=C\CCCCCCCCCC(=O)NC(COP(=O)(O)OCC[N+](C)(C)C)C(O)/C=C/CC/C=C/CCCCCCCCCCCCCCCCCCCC. The average Bonchev–Trinajstić information content (AvgIpc) is 3.24. The third-order valence-electron chi connectivity index (χ3n) is 11.5. The zero-order chi connectivity index (χ0) is 46.4. The van der Waals surface area contributed by atoms with Crippen LogP contribution in [0.4, 0.5) is 0 Å². The van der Waals surface area contributed by atoms with Gasteiger partial charge in [-0.05, 0) is 64.2 Å². The second kappa shape index (κ2) is 45.4. The van der Waals surface area contributed by atoms with Crippen molar-refractivity contribution in [2.75, 3.05) is 40.9 Å². The molecule has 0 saturated heterocycles. The van der Waals surface area contributed by atoms with E-state index in [9.17, 15) is 19.4 Å². The van der Waals surface area contributed by atoms with Gasteiger partial charge in [-0.15, -0.1) is 0 Å². The van der Waals surface area contributed by atoms with Crippen molar-refractivity contribution in [3.8, 4) is 0 Å². The minimum Gasteiger partial charge on any atom is -0.387 e. The summed E-state index contributed by atoms with van der Waals surface area (Å²) in [5.41, 5.74) is 0. The molecule has 3 N–H and O–H groups in total. The highest BCUT2D eigenvalue weighted by atomic mass is 31.2. The molecule has 0 spiro atoms. The number of unbranched alkanes of at least 4 members (excludes halogenated alkanes) is 26. The van der Waals surface area contributed by atoms with Crippen molar-refractivity contribution in [1.82, 2.24) is 5.32 Å². The van der Waals surface area contributed by atoms with E-state index in [1.165, 1.54) is 135 Å². The highest BCUT2D eigenvalue weighted by Gasteiger charge is 2.27. The first-order valence-corrected chi connectivity index (χ1v) is 27.7. The molecule has 0 radical (unpaired) electrons. The first-order chi connectivity index (χ1) is 30.5. The molecule has 3 atom stereocenters. The van der Waals surface area contributed by atoms with Crippen LogP contribution in [-0.2, 0) is 18.4 Å². The van der Waals surface area contributed by atoms with E-state index >= 15 is 0 Å². The van der Waals surface area contributed by atoms with E-state index in [0.717, 1.165) is 70.6 Å². The average molecular weight is 906 g/mol. The van der Waals surface area contributed by atoms with E-state index in [4.69, 9.17) is 9.05 Å². The first-order valence-electron chi connectivity index (χ1n) is 26.2. The lowest BCUT2D eigenvalue weighted by Gasteiger charge is -2.25. The molecule has 0 aliphatic rings. The van der Waals surface area contributed by atoms with Gasteiger partial charge in [0.2, 0.25) is 5.91 Å². The number of hydrogen-bond donors (Lipinski definition) is 3. The van der Waals surface area contributed by atoms with E-state index in [1.54, 1.807) is 6.08 Å². The molecule has 0 saturated carbocycles. The minimum atomic E-state index is -4.36. The number of carbonyl (C=O) groups is 1. The molecule has 0 rings (SSSR count). The van der Waals surface area contributed by atoms with E-state index in [0.29, 0.717) is 17.4 Å². The lowest BCUT2D eigenvalue weighted by Crippen LogP contribution is -2.45. The number of hydrogen-bond acceptors (Lipinski definition) is 5. The Morgan fingerprint density at radius 1 is 0.556 bits per heavy atom. The van der Waals surface area contributed by atoms with Gasteiger partial charge in [0.1, 0.15) is 13.2 Å². The molecule has 368 valence electrons. The number of aliphatic hydroxyl groups is 1. The fourth-order valence-corrected chi connectivity index (χ4v) is 8.10. The Balaban J connectivity index is 4.34. The summed E-state index contributed by atoms with van der Waals surface area (Å²) in [6, 6.07) is -0.871. The third kappa shape index (κ3) is 48.0. The van der Waals surface area contributed by atoms with E-state index in [-0.39, 0.29) is 19.1 Å². The Hall–Kier alpha value is -1.80. The molecule has 8 nitrogen and oxygen atoms in total. The topological polar surface area (TPSA) is 105 Å². The molecule has 3 unspecified atom stereocenters. The van der Waals surface area contributed by atoms with Crippen LogP contribution in [-0.4, -0.2) is 73.4 Å². The van der Waals surface area contributed by atoms with Crippen molar-refractivity contribution >= 4 is 13.7 Å². The van der Waals surface area contributed by atoms with Crippen molar-refractivity contribution in [2.24, 2.45) is 0 Å². The Kier molecular flexibility index (Phi) is 44.1. The monoisotopic (exact) mass is 906 g/mol. The number of nitrogens with zero attached hydrogens (tertiary/aromatic N) is 1. The van der Waals surface area contributed by atoms with Crippen molar-refractivity contribution in [1.29, 1.82) is 0 Å². The molecule has 1 amide bonds. The number of likely N-dealkylation sites (N-methyl/N-ethyl adjacent to an activating group) is 1. The fraction of sp³-hybridized carbons (Fsp3) is 0.796. The molecule has 0 aliphatic carbocycles. The van der Waals surface area contributed by atoms with E-state index in [2.05, 4.69) is 67.8 Å². The van der Waals surface area contributed by atoms with Crippen LogP contribution in [0.1, 0.15) is 226 Å². The van der Waals surface area contributed by atoms with Crippen molar-refractivity contribution in [3.63, 3.8) is 0 Å². The van der Waals surface area contributed by atoms with Gasteiger partial charge in [-0.25, -0.2) is 4.57 Å². The number of aliphatic hydroxyl groups excluding tert-OH is 1. The third-order valence-corrected chi connectivity index (χ3v) is 12.5. The van der Waals surface area contributed by atoms with Crippen LogP contribution < -0.4 is 5.32 Å². The van der Waals surface area contributed by atoms with Crippen LogP contribution in [0.15, 0.2) is 60.8 Å². The Morgan fingerprint density at radius 2 is 0.968 bits per heavy atom. The zero-order valence-corrected chi connectivity index (χ0v) is 42.7. The van der Waals surface area contributed by atoms with Crippen LogP contribution in [0.5, 0.6) is 0 Å². The van der Waals surface area contributed by atoms with Crippen molar-refractivity contribution < 1.29 is 32.9 Å². The van der Waals surface area contributed by atoms with Gasteiger partial charge in [-0.2, -0.15) is 0 Å². The second-order valence-corrected chi connectivity index (χ2v) is 20.3. The predicted molar refractivity (Wildman–Crippen MR) is 272 cm³/mol. The lowest BCUT2D eigenvalue weighted by molar-refractivity contribution is -0.870. The van der Waals surface area contributed by atoms with E-state index < -0.39 is 20.0 Å². The Morgan fingerprint density at radius 3 is 1.46 bits per heavy atom. The highest BCUT2D eigenvalue weighted by molar-refractivity contribution is 7.47. The van der Waals surface area contributed by atoms with Gasteiger partial charge < -0.3 is 19.8 Å². The maximum absolute atomic E-state index is 12.9. The number of amides is 1. The summed E-state index contributed by atoms with van der Waals surface area (Å²) in [4.78, 5) is 23.2. The predicted octanol–water partition coefficient (Wildman–Crippen LogP) is 15.4. The molecule has 9 heteroatoms. The van der Waals surface area contributed by atoms with Crippen LogP contribution in [0.2, 0.25) is 0 Å². The largest absolute Gasteiger partial charge is 0.472 e. The summed E-state index contributed by atoms with van der Waals surface area (Å²) >= 11 is 0. The lowest BCUT2D eigenvalue weighted by atomic mass is 10.0. The van der Waals surface area contributed by atoms with Crippen LogP contribution >= 0.6 is 7.82 Å². The summed E-state index contributed by atoms with van der Waals surface area (Å²) in [6.07, 6.45) is 60.3. The fourth-order valence-electron chi connectivity index (χ4n) is 7.37. The number of allylic oxidation sites excluding steroid dienone is 9. The smallest absolute Gasteiger partial charge is 0.387 e. The van der Waals surface area contributed by atoms with E-state index in [1.807, 2.05) is 27.2 Å². The molecule has 0 aromatic heterocycles. The maximum Gasteiger partial charge on any atom is 0.472 e. The molecule has 0 aliphatic heterocycles. The summed E-state index contributed by atoms with van der Waals surface area (Å²) in [5, 5.41) is 13.9. The molecular formula is C54H102N2O6P+. The normalized spacial score (nSPS) is 14.6. The summed E-state index contributed by atoms with van der Waals surface area (Å²) < 4.78 is 23.6. The number of phosphoric ester groups is 1. The Bertz CT molecular complexity index is 1210. The van der Waals surface area contributed by atoms with Gasteiger partial charge >= 0.3 is 7.82 Å². The van der Waals surface area contributed by atoms with Gasteiger partial charge in [0.05, 0.1) is 39.9 Å². The van der Waals surface area contributed by atoms with Gasteiger partial charge in [0.25, 0.3) is 0 Å². The van der Waals surface area contributed by atoms with Crippen LogP contribution in [0.3, 0.4) is 0 Å². The van der Waals surface area contributed by atoms with Gasteiger partial charge in [-0.1, -0.05) is 216 Å². The van der Waals surface area contributed by atoms with Crippen molar-refractivity contribution in [3.05, 3.63) is 60.8 Å². The molecule has 0 heterocycles. The number of quaternary nitrogens is 1. The molecular weight excluding hydrogens is 804 g/mol. The standard InChI is InChI=1S/C54H101N2O6P/c1-6-8-10-12-14-16-18-20-22-24-25-26-27-28-29-30-32-33-35-37-39-41-43-45-47-53(57)52(51-62-63(59,60)61-50-49-56(3,4)5)55-54(58)48-46-44-42-40-38-36-34-31-23-21-19-17-15-13-11-9-7-2/h9,11,15,17,21,23,37,39,45,47,52-53,57H,6-8,10,12-14,16,18-20,22,24-36,38,40-44,46,48-51H2,1-5H3,(H-,55,58,59,60)/p+1/b11-9-,17-15-,23-21-,39-37+,47-45+. The molecule has 0 aromatic carbocycles. The van der Waals surface area contributed by atoms with Crippen LogP contribution in [0.25, 0.3) is 0 Å². The quantitative estimate of drug-likeness (QED) is 0.0243. The van der Waals surface area contributed by atoms with Gasteiger partial charge in [-0.3, -0.25) is 13.8 Å². The number of nitrogens with one attached hydrogen (secondary N) is 1. The number of phosphoric acid groups is 1. The van der Waals surface area contributed by atoms with Gasteiger partial charge in [0.15, 0.2) is 0 Å². The highest BCUT2D eigenvalue weighted by Crippen LogP contribution is 2.43. The van der Waals surface area contributed by atoms with Crippen LogP contribution in [0, 0.1) is 0 Å². The molecule has 0 bridgehead atoms. The summed E-state index contributed by atoms with van der Waals surface area (Å²) in [5.74, 6) is -0.198. The number of carbonyl (C=O) groups excluding carboxylic acids is 1. The first kappa shape index (κ1) is 61.2. The maximum atomic E-state index is 12.9. The minimum absolute atomic E-state index is 0.0519. The summed E-state index contributed by atoms with van der Waals surface area (Å²) in [7, 11) is 1.54. The Labute approximate surface area is 390 Å². The molecule has 63 heavy (non-hydrogen) atoms. The molecule has 0 fully saturated rings. The number of rotatable bonds is 47. The zero-order valence-electron chi connectivity index (χ0n) is 41.8. The van der Waals surface area contributed by atoms with Crippen molar-refractivity contribution in [2.45, 2.75) is 238 Å². The molecule has 0 aromatic rings. The van der Waals surface area contributed by atoms with Gasteiger partial charge in [0, 0.05) is 6.42 Å². The summed E-state index contributed by atoms with van der Waals surface area (Å²) in [6.45, 7) is 4.68.